The molecule has 0 atom stereocenters. The predicted octanol–water partition coefficient (Wildman–Crippen LogP) is 0.709. The predicted molar refractivity (Wildman–Crippen MR) is 55.1 cm³/mol. The molecule has 0 aliphatic carbocycles. The van der Waals surface area contributed by atoms with E-state index in [0.29, 0.717) is 12.4 Å². The summed E-state index contributed by atoms with van der Waals surface area (Å²) in [7, 11) is 0. The van der Waals surface area contributed by atoms with E-state index in [4.69, 9.17) is 0 Å². The van der Waals surface area contributed by atoms with Crippen molar-refractivity contribution in [2.24, 2.45) is 0 Å². The van der Waals surface area contributed by atoms with E-state index in [1.165, 1.54) is 12.4 Å². The monoisotopic (exact) mass is 222 g/mol. The van der Waals surface area contributed by atoms with Crippen LogP contribution >= 0.6 is 0 Å². The molecule has 0 unspecified atom stereocenters. The van der Waals surface area contributed by atoms with Crippen LogP contribution in [-0.2, 0) is 6.54 Å². The molecule has 2 heterocycles. The minimum Gasteiger partial charge on any atom is -0.370 e. The number of nitrogens with zero attached hydrogens (tertiary/aromatic N) is 5. The third-order valence-electron chi connectivity index (χ3n) is 1.98. The van der Waals surface area contributed by atoms with Crippen LogP contribution in [0.3, 0.4) is 0 Å². The van der Waals surface area contributed by atoms with Gasteiger partial charge in [0.15, 0.2) is 0 Å². The van der Waals surface area contributed by atoms with Crippen LogP contribution in [0.25, 0.3) is 0 Å². The lowest BCUT2D eigenvalue weighted by Gasteiger charge is -2.04. The normalized spacial score (nSPS) is 10.3. The summed E-state index contributed by atoms with van der Waals surface area (Å²) in [6, 6.07) is 1.26. The average molecular weight is 222 g/mol. The molecule has 1 N–H and O–H groups in total. The lowest BCUT2D eigenvalue weighted by Crippen LogP contribution is -2.08. The molecule has 0 radical (unpaired) electrons. The Morgan fingerprint density at radius 2 is 2.31 bits per heavy atom. The third kappa shape index (κ3) is 2.97. The molecule has 0 amide bonds. The first-order valence-electron chi connectivity index (χ1n) is 4.90. The summed E-state index contributed by atoms with van der Waals surface area (Å²) in [5.41, 5.74) is 0. The highest BCUT2D eigenvalue weighted by molar-refractivity contribution is 5.31. The molecule has 0 aromatic carbocycles. The van der Waals surface area contributed by atoms with Crippen LogP contribution < -0.4 is 5.32 Å². The zero-order chi connectivity index (χ0) is 11.2. The molecule has 0 fully saturated rings. The molecular weight excluding hydrogens is 211 g/mol. The van der Waals surface area contributed by atoms with E-state index < -0.39 is 5.95 Å². The average Bonchev–Trinajstić information content (AvgIpc) is 2.77. The number of nitrogens with one attached hydrogen (secondary N) is 1. The summed E-state index contributed by atoms with van der Waals surface area (Å²) in [4.78, 5) is 7.25. The first kappa shape index (κ1) is 10.5. The van der Waals surface area contributed by atoms with Crippen LogP contribution in [0.5, 0.6) is 0 Å². The number of hydrogen-bond donors (Lipinski definition) is 1. The minimum absolute atomic E-state index is 0.492. The molecule has 0 spiro atoms. The fourth-order valence-corrected chi connectivity index (χ4v) is 1.24. The quantitative estimate of drug-likeness (QED) is 0.596. The zero-order valence-corrected chi connectivity index (χ0v) is 8.54. The van der Waals surface area contributed by atoms with Gasteiger partial charge in [-0.25, -0.2) is 9.97 Å². The molecular formula is C9H11FN6. The standard InChI is InChI=1S/C9H11FN6/c10-8-6-9(13-7-12-8)11-2-1-4-16-5-3-14-15-16/h3,5-7H,1-2,4H2,(H,11,12,13). The van der Waals surface area contributed by atoms with Crippen molar-refractivity contribution >= 4 is 5.82 Å². The number of aryl methyl sites for hydroxylation is 1. The van der Waals surface area contributed by atoms with Gasteiger partial charge in [-0.2, -0.15) is 4.39 Å². The molecule has 2 aromatic rings. The van der Waals surface area contributed by atoms with Gasteiger partial charge < -0.3 is 5.32 Å². The number of halogens is 1. The van der Waals surface area contributed by atoms with Gasteiger partial charge >= 0.3 is 0 Å². The van der Waals surface area contributed by atoms with Crippen molar-refractivity contribution in [2.45, 2.75) is 13.0 Å². The van der Waals surface area contributed by atoms with Crippen molar-refractivity contribution in [3.63, 3.8) is 0 Å². The second-order valence-electron chi connectivity index (χ2n) is 3.17. The van der Waals surface area contributed by atoms with Gasteiger partial charge in [-0.3, -0.25) is 4.68 Å². The number of hydrogen-bond acceptors (Lipinski definition) is 5. The summed E-state index contributed by atoms with van der Waals surface area (Å²) in [6.45, 7) is 1.46. The van der Waals surface area contributed by atoms with Crippen LogP contribution in [0.4, 0.5) is 10.2 Å². The number of rotatable bonds is 5. The lowest BCUT2D eigenvalue weighted by molar-refractivity contribution is 0.567. The van der Waals surface area contributed by atoms with E-state index in [-0.39, 0.29) is 0 Å². The van der Waals surface area contributed by atoms with Gasteiger partial charge in [-0.1, -0.05) is 5.21 Å². The van der Waals surface area contributed by atoms with Gasteiger partial charge in [0.05, 0.1) is 6.20 Å². The van der Waals surface area contributed by atoms with Gasteiger partial charge in [0.1, 0.15) is 12.1 Å². The molecule has 0 bridgehead atoms. The maximum Gasteiger partial charge on any atom is 0.217 e. The van der Waals surface area contributed by atoms with E-state index in [9.17, 15) is 4.39 Å². The molecule has 0 saturated carbocycles. The fraction of sp³-hybridized carbons (Fsp3) is 0.333. The smallest absolute Gasteiger partial charge is 0.217 e. The Bertz CT molecular complexity index is 429. The number of anilines is 1. The Morgan fingerprint density at radius 3 is 3.06 bits per heavy atom. The third-order valence-corrected chi connectivity index (χ3v) is 1.98. The SMILES string of the molecule is Fc1cc(NCCCn2ccnn2)ncn1. The van der Waals surface area contributed by atoms with Crippen molar-refractivity contribution in [1.29, 1.82) is 0 Å². The van der Waals surface area contributed by atoms with Gasteiger partial charge in [0.2, 0.25) is 5.95 Å². The Labute approximate surface area is 91.5 Å². The van der Waals surface area contributed by atoms with Crippen LogP contribution in [0.15, 0.2) is 24.8 Å². The van der Waals surface area contributed by atoms with Gasteiger partial charge in [-0.15, -0.1) is 5.10 Å². The van der Waals surface area contributed by atoms with E-state index in [2.05, 4.69) is 25.6 Å². The highest BCUT2D eigenvalue weighted by Crippen LogP contribution is 2.02. The first-order chi connectivity index (χ1) is 7.84. The highest BCUT2D eigenvalue weighted by atomic mass is 19.1. The van der Waals surface area contributed by atoms with Gasteiger partial charge in [0, 0.05) is 25.4 Å². The lowest BCUT2D eigenvalue weighted by atomic mass is 10.4. The van der Waals surface area contributed by atoms with Crippen molar-refractivity contribution < 1.29 is 4.39 Å². The van der Waals surface area contributed by atoms with Gasteiger partial charge in [-0.05, 0) is 6.42 Å². The van der Waals surface area contributed by atoms with Crippen LogP contribution in [0.2, 0.25) is 0 Å². The highest BCUT2D eigenvalue weighted by Gasteiger charge is 1.97. The Hall–Kier alpha value is -2.05. The summed E-state index contributed by atoms with van der Waals surface area (Å²) < 4.78 is 14.4. The molecule has 0 aliphatic heterocycles. The summed E-state index contributed by atoms with van der Waals surface area (Å²) >= 11 is 0. The molecule has 0 saturated heterocycles. The van der Waals surface area contributed by atoms with Crippen molar-refractivity contribution in [3.05, 3.63) is 30.7 Å². The van der Waals surface area contributed by atoms with Gasteiger partial charge in [0.25, 0.3) is 0 Å². The van der Waals surface area contributed by atoms with E-state index in [0.717, 1.165) is 13.0 Å². The second-order valence-corrected chi connectivity index (χ2v) is 3.17. The maximum atomic E-state index is 12.7. The van der Waals surface area contributed by atoms with E-state index >= 15 is 0 Å². The molecule has 84 valence electrons. The Kier molecular flexibility index (Phi) is 3.37. The number of aromatic nitrogens is 5. The topological polar surface area (TPSA) is 68.5 Å². The molecule has 0 aliphatic rings. The summed E-state index contributed by atoms with van der Waals surface area (Å²) in [5, 5.41) is 10.5. The summed E-state index contributed by atoms with van der Waals surface area (Å²) in [6.07, 6.45) is 5.47. The fourth-order valence-electron chi connectivity index (χ4n) is 1.24. The van der Waals surface area contributed by atoms with E-state index in [1.54, 1.807) is 17.1 Å². The summed E-state index contributed by atoms with van der Waals surface area (Å²) in [5.74, 6) is -0.0418. The van der Waals surface area contributed by atoms with Crippen LogP contribution in [-0.4, -0.2) is 31.5 Å². The second kappa shape index (κ2) is 5.15. The first-order valence-corrected chi connectivity index (χ1v) is 4.90. The van der Waals surface area contributed by atoms with E-state index in [1.807, 2.05) is 0 Å². The van der Waals surface area contributed by atoms with Crippen LogP contribution in [0.1, 0.15) is 6.42 Å². The zero-order valence-electron chi connectivity index (χ0n) is 8.54. The van der Waals surface area contributed by atoms with Crippen molar-refractivity contribution in [1.82, 2.24) is 25.0 Å². The molecule has 2 aromatic heterocycles. The van der Waals surface area contributed by atoms with Crippen LogP contribution in [0, 0.1) is 5.95 Å². The Morgan fingerprint density at radius 1 is 1.38 bits per heavy atom. The molecule has 16 heavy (non-hydrogen) atoms. The molecule has 6 nitrogen and oxygen atoms in total. The Balaban J connectivity index is 1.72. The van der Waals surface area contributed by atoms with Crippen molar-refractivity contribution in [2.75, 3.05) is 11.9 Å². The molecule has 7 heteroatoms. The largest absolute Gasteiger partial charge is 0.370 e. The molecule has 2 rings (SSSR count). The van der Waals surface area contributed by atoms with Crippen molar-refractivity contribution in [3.8, 4) is 0 Å². The minimum atomic E-state index is -0.534. The maximum absolute atomic E-state index is 12.7.